The van der Waals surface area contributed by atoms with Crippen molar-refractivity contribution in [3.63, 3.8) is 0 Å². The first kappa shape index (κ1) is 17.7. The number of rotatable bonds is 9. The Bertz CT molecular complexity index is 631. The summed E-state index contributed by atoms with van der Waals surface area (Å²) in [5.74, 6) is 1.80. The number of benzene rings is 1. The molecule has 0 aliphatic carbocycles. The number of nitrogens with one attached hydrogen (secondary N) is 1. The number of aryl methyl sites for hydroxylation is 1. The zero-order chi connectivity index (χ0) is 16.5. The van der Waals surface area contributed by atoms with Gasteiger partial charge in [0.15, 0.2) is 4.34 Å². The van der Waals surface area contributed by atoms with Gasteiger partial charge in [0.05, 0.1) is 6.61 Å². The predicted molar refractivity (Wildman–Crippen MR) is 95.5 cm³/mol. The van der Waals surface area contributed by atoms with E-state index in [1.165, 1.54) is 11.3 Å². The average Bonchev–Trinajstić information content (AvgIpc) is 2.97. The van der Waals surface area contributed by atoms with E-state index in [1.54, 1.807) is 11.8 Å². The minimum absolute atomic E-state index is 0.0546. The van der Waals surface area contributed by atoms with Crippen molar-refractivity contribution in [3.8, 4) is 5.75 Å². The molecule has 124 valence electrons. The number of thioether (sulfide) groups is 1. The third-order valence-corrected chi connectivity index (χ3v) is 5.07. The standard InChI is InChI=1S/C16H21N3O2S2/c1-3-10-22-16-19-18-15(23-16)17-14(20)8-5-9-21-13-7-4-6-12(2)11-13/h4,6-7,11H,3,5,8-10H2,1-2H3,(H,17,18,20). The van der Waals surface area contributed by atoms with Crippen molar-refractivity contribution in [2.24, 2.45) is 0 Å². The van der Waals surface area contributed by atoms with Crippen LogP contribution in [0.25, 0.3) is 0 Å². The lowest BCUT2D eigenvalue weighted by Crippen LogP contribution is -2.12. The highest BCUT2D eigenvalue weighted by molar-refractivity contribution is 8.01. The summed E-state index contributed by atoms with van der Waals surface area (Å²) >= 11 is 3.08. The fourth-order valence-corrected chi connectivity index (χ4v) is 3.51. The Morgan fingerprint density at radius 1 is 1.39 bits per heavy atom. The number of anilines is 1. The van der Waals surface area contributed by atoms with Gasteiger partial charge in [-0.2, -0.15) is 0 Å². The van der Waals surface area contributed by atoms with Crippen molar-refractivity contribution in [2.45, 2.75) is 37.4 Å². The summed E-state index contributed by atoms with van der Waals surface area (Å²) in [5, 5.41) is 11.4. The smallest absolute Gasteiger partial charge is 0.226 e. The largest absolute Gasteiger partial charge is 0.494 e. The first-order valence-corrected chi connectivity index (χ1v) is 9.43. The number of carbonyl (C=O) groups excluding carboxylic acids is 1. The summed E-state index contributed by atoms with van der Waals surface area (Å²) in [6, 6.07) is 7.89. The van der Waals surface area contributed by atoms with Gasteiger partial charge >= 0.3 is 0 Å². The van der Waals surface area contributed by atoms with Crippen LogP contribution in [0.1, 0.15) is 31.7 Å². The third-order valence-electron chi connectivity index (χ3n) is 2.89. The molecular formula is C16H21N3O2S2. The van der Waals surface area contributed by atoms with Gasteiger partial charge in [0.2, 0.25) is 11.0 Å². The van der Waals surface area contributed by atoms with E-state index in [4.69, 9.17) is 4.74 Å². The Morgan fingerprint density at radius 3 is 3.04 bits per heavy atom. The number of hydrogen-bond donors (Lipinski definition) is 1. The molecule has 2 rings (SSSR count). The molecule has 1 aromatic heterocycles. The van der Waals surface area contributed by atoms with Crippen molar-refractivity contribution < 1.29 is 9.53 Å². The quantitative estimate of drug-likeness (QED) is 0.418. The van der Waals surface area contributed by atoms with Crippen LogP contribution in [0.15, 0.2) is 28.6 Å². The van der Waals surface area contributed by atoms with Gasteiger partial charge in [-0.3, -0.25) is 4.79 Å². The molecule has 0 saturated carbocycles. The van der Waals surface area contributed by atoms with Gasteiger partial charge in [-0.1, -0.05) is 42.2 Å². The van der Waals surface area contributed by atoms with Crippen LogP contribution in [-0.4, -0.2) is 28.5 Å². The number of aromatic nitrogens is 2. The molecule has 0 aliphatic heterocycles. The number of amides is 1. The summed E-state index contributed by atoms with van der Waals surface area (Å²) in [4.78, 5) is 11.9. The molecule has 5 nitrogen and oxygen atoms in total. The third kappa shape index (κ3) is 6.58. The van der Waals surface area contributed by atoms with Crippen molar-refractivity contribution in [2.75, 3.05) is 17.7 Å². The molecule has 1 amide bonds. The van der Waals surface area contributed by atoms with E-state index in [0.717, 1.165) is 27.8 Å². The van der Waals surface area contributed by atoms with Gasteiger partial charge in [-0.15, -0.1) is 10.2 Å². The van der Waals surface area contributed by atoms with Gasteiger partial charge in [-0.25, -0.2) is 0 Å². The first-order chi connectivity index (χ1) is 11.2. The second-order valence-electron chi connectivity index (χ2n) is 5.04. The fourth-order valence-electron chi connectivity index (χ4n) is 1.82. The van der Waals surface area contributed by atoms with E-state index in [1.807, 2.05) is 31.2 Å². The highest BCUT2D eigenvalue weighted by Crippen LogP contribution is 2.25. The van der Waals surface area contributed by atoms with Crippen LogP contribution in [0.4, 0.5) is 5.13 Å². The van der Waals surface area contributed by atoms with Crippen LogP contribution in [0, 0.1) is 6.92 Å². The second-order valence-corrected chi connectivity index (χ2v) is 7.36. The summed E-state index contributed by atoms with van der Waals surface area (Å²) in [6.45, 7) is 4.66. The summed E-state index contributed by atoms with van der Waals surface area (Å²) in [5.41, 5.74) is 1.16. The molecule has 0 radical (unpaired) electrons. The normalized spacial score (nSPS) is 10.5. The zero-order valence-electron chi connectivity index (χ0n) is 13.4. The van der Waals surface area contributed by atoms with Crippen LogP contribution in [0.3, 0.4) is 0 Å². The van der Waals surface area contributed by atoms with E-state index in [-0.39, 0.29) is 5.91 Å². The molecule has 7 heteroatoms. The van der Waals surface area contributed by atoms with E-state index in [0.29, 0.717) is 24.6 Å². The van der Waals surface area contributed by atoms with Gasteiger partial charge in [-0.05, 0) is 37.5 Å². The van der Waals surface area contributed by atoms with Gasteiger partial charge < -0.3 is 10.1 Å². The van der Waals surface area contributed by atoms with Crippen molar-refractivity contribution in [1.29, 1.82) is 0 Å². The zero-order valence-corrected chi connectivity index (χ0v) is 15.0. The van der Waals surface area contributed by atoms with E-state index < -0.39 is 0 Å². The minimum Gasteiger partial charge on any atom is -0.494 e. The highest BCUT2D eigenvalue weighted by atomic mass is 32.2. The number of ether oxygens (including phenoxy) is 1. The molecule has 0 fully saturated rings. The average molecular weight is 351 g/mol. The molecule has 1 heterocycles. The summed E-state index contributed by atoms with van der Waals surface area (Å²) in [6.07, 6.45) is 2.16. The molecule has 0 unspecified atom stereocenters. The van der Waals surface area contributed by atoms with Crippen molar-refractivity contribution >= 4 is 34.1 Å². The van der Waals surface area contributed by atoms with E-state index in [2.05, 4.69) is 22.4 Å². The number of nitrogens with zero attached hydrogens (tertiary/aromatic N) is 2. The Morgan fingerprint density at radius 2 is 2.26 bits per heavy atom. The molecule has 1 N–H and O–H groups in total. The molecular weight excluding hydrogens is 330 g/mol. The topological polar surface area (TPSA) is 64.1 Å². The monoisotopic (exact) mass is 351 g/mol. The minimum atomic E-state index is -0.0546. The van der Waals surface area contributed by atoms with Crippen LogP contribution in [0.5, 0.6) is 5.75 Å². The Balaban J connectivity index is 1.66. The van der Waals surface area contributed by atoms with Gasteiger partial charge in [0.25, 0.3) is 0 Å². The second kappa shape index (κ2) is 9.52. The Hall–Kier alpha value is -1.60. The molecule has 1 aromatic carbocycles. The molecule has 2 aromatic rings. The van der Waals surface area contributed by atoms with Gasteiger partial charge in [0, 0.05) is 12.2 Å². The molecule has 0 saturated heterocycles. The molecule has 0 spiro atoms. The van der Waals surface area contributed by atoms with Crippen LogP contribution in [0.2, 0.25) is 0 Å². The van der Waals surface area contributed by atoms with Crippen LogP contribution in [-0.2, 0) is 4.79 Å². The lowest BCUT2D eigenvalue weighted by molar-refractivity contribution is -0.116. The first-order valence-electron chi connectivity index (χ1n) is 7.63. The molecule has 0 aliphatic rings. The Labute approximate surface area is 144 Å². The number of hydrogen-bond acceptors (Lipinski definition) is 6. The highest BCUT2D eigenvalue weighted by Gasteiger charge is 2.08. The molecule has 0 bridgehead atoms. The van der Waals surface area contributed by atoms with Gasteiger partial charge in [0.1, 0.15) is 5.75 Å². The lowest BCUT2D eigenvalue weighted by atomic mass is 10.2. The summed E-state index contributed by atoms with van der Waals surface area (Å²) in [7, 11) is 0. The van der Waals surface area contributed by atoms with E-state index >= 15 is 0 Å². The number of carbonyl (C=O) groups is 1. The molecule has 0 atom stereocenters. The van der Waals surface area contributed by atoms with Crippen LogP contribution >= 0.6 is 23.1 Å². The SMILES string of the molecule is CCCSc1nnc(NC(=O)CCCOc2cccc(C)c2)s1. The maximum Gasteiger partial charge on any atom is 0.226 e. The predicted octanol–water partition coefficient (Wildman–Crippen LogP) is 4.15. The molecule has 23 heavy (non-hydrogen) atoms. The van der Waals surface area contributed by atoms with Crippen LogP contribution < -0.4 is 10.1 Å². The Kier molecular flexibility index (Phi) is 7.35. The fraction of sp³-hybridized carbons (Fsp3) is 0.438. The van der Waals surface area contributed by atoms with Crippen molar-refractivity contribution in [3.05, 3.63) is 29.8 Å². The van der Waals surface area contributed by atoms with Crippen molar-refractivity contribution in [1.82, 2.24) is 10.2 Å². The maximum atomic E-state index is 11.9. The summed E-state index contributed by atoms with van der Waals surface area (Å²) < 4.78 is 6.52. The maximum absolute atomic E-state index is 11.9. The van der Waals surface area contributed by atoms with E-state index in [9.17, 15) is 4.79 Å². The lowest BCUT2D eigenvalue weighted by Gasteiger charge is -2.06.